The molecule has 0 aliphatic carbocycles. The molecule has 0 heterocycles. The molecule has 0 aromatic rings. The molecule has 4 N–H and O–H groups in total. The summed E-state index contributed by atoms with van der Waals surface area (Å²) in [5.74, 6) is -0.151. The Morgan fingerprint density at radius 2 is 0.800 bits per heavy atom. The minimum atomic E-state index is -1.15. The fourth-order valence-corrected chi connectivity index (χ4v) is 7.10. The summed E-state index contributed by atoms with van der Waals surface area (Å²) in [5, 5.41) is 33.5. The Balaban J connectivity index is 3.63. The second kappa shape index (κ2) is 40.9. The van der Waals surface area contributed by atoms with Gasteiger partial charge in [-0.25, -0.2) is 0 Å². The molecule has 0 saturated heterocycles. The van der Waals surface area contributed by atoms with Crippen molar-refractivity contribution in [3.63, 3.8) is 0 Å². The van der Waals surface area contributed by atoms with Gasteiger partial charge in [0.25, 0.3) is 0 Å². The predicted octanol–water partition coefficient (Wildman–Crippen LogP) is 12.8. The van der Waals surface area contributed by atoms with Crippen LogP contribution in [0.25, 0.3) is 0 Å². The highest BCUT2D eigenvalue weighted by molar-refractivity contribution is 5.76. The molecule has 0 aliphatic rings. The van der Waals surface area contributed by atoms with E-state index >= 15 is 0 Å². The summed E-state index contributed by atoms with van der Waals surface area (Å²) in [4.78, 5) is 12.4. The lowest BCUT2D eigenvalue weighted by molar-refractivity contribution is -0.124. The highest BCUT2D eigenvalue weighted by atomic mass is 16.3. The second-order valence-corrected chi connectivity index (χ2v) is 15.6. The largest absolute Gasteiger partial charge is 0.394 e. The highest BCUT2D eigenvalue weighted by Gasteiger charge is 2.26. The fourth-order valence-electron chi connectivity index (χ4n) is 7.10. The number of hydrogen-bond acceptors (Lipinski definition) is 4. The van der Waals surface area contributed by atoms with Gasteiger partial charge in [-0.1, -0.05) is 212 Å². The maximum atomic E-state index is 12.4. The molecule has 0 radical (unpaired) electrons. The number of carbonyl (C=O) groups excluding carboxylic acids is 1. The normalized spacial score (nSPS) is 13.6. The maximum Gasteiger partial charge on any atom is 0.220 e. The van der Waals surface area contributed by atoms with Gasteiger partial charge in [-0.15, -0.1) is 0 Å². The molecule has 0 saturated carbocycles. The third-order valence-corrected chi connectivity index (χ3v) is 10.6. The number of aliphatic hydroxyl groups excluding tert-OH is 3. The first-order valence-electron chi connectivity index (χ1n) is 22.5. The van der Waals surface area contributed by atoms with Crippen molar-refractivity contribution in [3.8, 4) is 0 Å². The molecule has 0 fully saturated rings. The van der Waals surface area contributed by atoms with Crippen molar-refractivity contribution in [2.75, 3.05) is 6.61 Å². The van der Waals surface area contributed by atoms with E-state index in [1.165, 1.54) is 180 Å². The van der Waals surface area contributed by atoms with E-state index in [1.54, 1.807) is 0 Å². The summed E-state index contributed by atoms with van der Waals surface area (Å²) in [6.45, 7) is 4.18. The summed E-state index contributed by atoms with van der Waals surface area (Å²) >= 11 is 0. The van der Waals surface area contributed by atoms with Crippen LogP contribution < -0.4 is 5.32 Å². The molecule has 0 aromatic carbocycles. The number of allylic oxidation sites excluding steroid dienone is 2. The molecule has 0 bridgehead atoms. The van der Waals surface area contributed by atoms with Gasteiger partial charge >= 0.3 is 0 Å². The summed E-state index contributed by atoms with van der Waals surface area (Å²) in [6.07, 6.45) is 47.5. The van der Waals surface area contributed by atoms with Crippen LogP contribution in [0.3, 0.4) is 0 Å². The van der Waals surface area contributed by atoms with Crippen LogP contribution in [0.1, 0.15) is 245 Å². The predicted molar refractivity (Wildman–Crippen MR) is 218 cm³/mol. The fraction of sp³-hybridized carbons (Fsp3) is 0.933. The average molecular weight is 708 g/mol. The van der Waals surface area contributed by atoms with Gasteiger partial charge in [-0.3, -0.25) is 4.79 Å². The van der Waals surface area contributed by atoms with Crippen molar-refractivity contribution >= 4 is 5.91 Å². The zero-order valence-corrected chi connectivity index (χ0v) is 33.8. The Labute approximate surface area is 312 Å². The average Bonchev–Trinajstić information content (AvgIpc) is 3.12. The lowest BCUT2D eigenvalue weighted by Gasteiger charge is -2.26. The number of unbranched alkanes of at least 4 members (excludes halogenated alkanes) is 31. The van der Waals surface area contributed by atoms with Crippen LogP contribution in [0, 0.1) is 0 Å². The molecule has 0 aromatic heterocycles. The standard InChI is InChI=1S/C45H89NO4/c1-3-5-7-9-11-13-15-17-19-21-22-23-24-25-27-29-31-33-35-37-39-43(48)45(50)42(41-47)46-44(49)40-38-36-34-32-30-28-26-20-18-16-14-12-10-8-6-4-2/h31,33,42-43,45,47-48,50H,3-30,32,34-41H2,1-2H3,(H,46,49)/b33-31+. The number of amides is 1. The minimum Gasteiger partial charge on any atom is -0.394 e. The van der Waals surface area contributed by atoms with Crippen molar-refractivity contribution in [1.82, 2.24) is 5.32 Å². The van der Waals surface area contributed by atoms with E-state index in [0.717, 1.165) is 38.5 Å². The van der Waals surface area contributed by atoms with E-state index in [4.69, 9.17) is 0 Å². The van der Waals surface area contributed by atoms with Crippen LogP contribution in [-0.4, -0.2) is 46.1 Å². The van der Waals surface area contributed by atoms with Crippen molar-refractivity contribution in [3.05, 3.63) is 12.2 Å². The Morgan fingerprint density at radius 3 is 1.16 bits per heavy atom. The molecular formula is C45H89NO4. The van der Waals surface area contributed by atoms with Crippen LogP contribution in [0.15, 0.2) is 12.2 Å². The van der Waals surface area contributed by atoms with Crippen molar-refractivity contribution in [1.29, 1.82) is 0 Å². The van der Waals surface area contributed by atoms with Crippen LogP contribution in [0.4, 0.5) is 0 Å². The van der Waals surface area contributed by atoms with Crippen LogP contribution >= 0.6 is 0 Å². The number of aliphatic hydroxyl groups is 3. The third-order valence-electron chi connectivity index (χ3n) is 10.6. The first-order chi connectivity index (χ1) is 24.6. The van der Waals surface area contributed by atoms with E-state index < -0.39 is 18.2 Å². The molecule has 0 aliphatic heterocycles. The number of rotatable bonds is 41. The van der Waals surface area contributed by atoms with Gasteiger partial charge in [0.1, 0.15) is 6.10 Å². The van der Waals surface area contributed by atoms with E-state index in [-0.39, 0.29) is 12.5 Å². The first kappa shape index (κ1) is 49.1. The van der Waals surface area contributed by atoms with Gasteiger partial charge in [0.15, 0.2) is 0 Å². The molecule has 50 heavy (non-hydrogen) atoms. The van der Waals surface area contributed by atoms with Gasteiger partial charge in [0.2, 0.25) is 5.91 Å². The van der Waals surface area contributed by atoms with Gasteiger partial charge in [0.05, 0.1) is 18.8 Å². The molecule has 5 heteroatoms. The number of carbonyl (C=O) groups is 1. The summed E-state index contributed by atoms with van der Waals surface area (Å²) in [6, 6.07) is -0.820. The van der Waals surface area contributed by atoms with Gasteiger partial charge in [-0.2, -0.15) is 0 Å². The SMILES string of the molecule is CCCCCCCCCCCCCCCCC/C=C/CCCC(O)C(O)C(CO)NC(=O)CCCCCCCCCCCCCCCCCC. The molecular weight excluding hydrogens is 618 g/mol. The van der Waals surface area contributed by atoms with E-state index in [1.807, 2.05) is 0 Å². The smallest absolute Gasteiger partial charge is 0.220 e. The van der Waals surface area contributed by atoms with Crippen LogP contribution in [0.2, 0.25) is 0 Å². The molecule has 3 atom stereocenters. The van der Waals surface area contributed by atoms with Crippen molar-refractivity contribution < 1.29 is 20.1 Å². The molecule has 298 valence electrons. The van der Waals surface area contributed by atoms with E-state index in [2.05, 4.69) is 31.3 Å². The van der Waals surface area contributed by atoms with Crippen molar-refractivity contribution in [2.24, 2.45) is 0 Å². The van der Waals surface area contributed by atoms with E-state index in [9.17, 15) is 20.1 Å². The summed E-state index contributed by atoms with van der Waals surface area (Å²) < 4.78 is 0. The Kier molecular flexibility index (Phi) is 40.1. The highest BCUT2D eigenvalue weighted by Crippen LogP contribution is 2.16. The molecule has 0 rings (SSSR count). The minimum absolute atomic E-state index is 0.151. The Morgan fingerprint density at radius 1 is 0.480 bits per heavy atom. The quantitative estimate of drug-likeness (QED) is 0.0376. The molecule has 1 amide bonds. The van der Waals surface area contributed by atoms with Crippen LogP contribution in [-0.2, 0) is 4.79 Å². The Bertz CT molecular complexity index is 699. The summed E-state index contributed by atoms with van der Waals surface area (Å²) in [5.41, 5.74) is 0. The van der Waals surface area contributed by atoms with E-state index in [0.29, 0.717) is 12.8 Å². The van der Waals surface area contributed by atoms with Gasteiger partial charge < -0.3 is 20.6 Å². The zero-order valence-electron chi connectivity index (χ0n) is 33.8. The summed E-state index contributed by atoms with van der Waals surface area (Å²) in [7, 11) is 0. The third kappa shape index (κ3) is 35.5. The Hall–Kier alpha value is -0.910. The monoisotopic (exact) mass is 708 g/mol. The lowest BCUT2D eigenvalue weighted by atomic mass is 10.0. The number of nitrogens with one attached hydrogen (secondary N) is 1. The molecule has 0 spiro atoms. The van der Waals surface area contributed by atoms with Crippen LogP contribution in [0.5, 0.6) is 0 Å². The molecule has 3 unspecified atom stereocenters. The topological polar surface area (TPSA) is 89.8 Å². The number of hydrogen-bond donors (Lipinski definition) is 4. The lowest BCUT2D eigenvalue weighted by Crippen LogP contribution is -2.50. The van der Waals surface area contributed by atoms with Gasteiger partial charge in [-0.05, 0) is 38.5 Å². The second-order valence-electron chi connectivity index (χ2n) is 15.6. The first-order valence-corrected chi connectivity index (χ1v) is 22.5. The zero-order chi connectivity index (χ0) is 36.6. The maximum absolute atomic E-state index is 12.4. The van der Waals surface area contributed by atoms with Gasteiger partial charge in [0, 0.05) is 6.42 Å². The molecule has 5 nitrogen and oxygen atoms in total. The van der Waals surface area contributed by atoms with Crippen molar-refractivity contribution in [2.45, 2.75) is 263 Å².